The maximum Gasteiger partial charge on any atom is 0.167 e. The third-order valence-corrected chi connectivity index (χ3v) is 2.57. The zero-order chi connectivity index (χ0) is 13.0. The lowest BCUT2D eigenvalue weighted by Gasteiger charge is -2.11. The van der Waals surface area contributed by atoms with Gasteiger partial charge in [0.2, 0.25) is 0 Å². The minimum Gasteiger partial charge on any atom is -0.454 e. The summed E-state index contributed by atoms with van der Waals surface area (Å²) in [6.45, 7) is 0.116. The molecular weight excluding hydrogens is 233 g/mol. The Hall–Kier alpha value is -1.91. The predicted molar refractivity (Wildman–Crippen MR) is 66.7 cm³/mol. The van der Waals surface area contributed by atoms with Gasteiger partial charge in [-0.3, -0.25) is 0 Å². The normalized spacial score (nSPS) is 10.4. The fourth-order valence-electron chi connectivity index (χ4n) is 1.65. The van der Waals surface area contributed by atoms with E-state index < -0.39 is 5.82 Å². The van der Waals surface area contributed by atoms with Crippen molar-refractivity contribution in [3.05, 3.63) is 59.4 Å². The van der Waals surface area contributed by atoms with Crippen LogP contribution in [0.3, 0.4) is 0 Å². The molecule has 0 saturated heterocycles. The van der Waals surface area contributed by atoms with Crippen molar-refractivity contribution in [1.29, 1.82) is 0 Å². The molecule has 0 fully saturated rings. The van der Waals surface area contributed by atoms with Crippen molar-refractivity contribution in [1.82, 2.24) is 0 Å². The quantitative estimate of drug-likeness (QED) is 0.873. The van der Waals surface area contributed by atoms with Crippen LogP contribution in [0.15, 0.2) is 42.5 Å². The Kier molecular flexibility index (Phi) is 3.92. The Morgan fingerprint density at radius 2 is 1.94 bits per heavy atom. The average Bonchev–Trinajstić information content (AvgIpc) is 2.41. The summed E-state index contributed by atoms with van der Waals surface area (Å²) in [6.07, 6.45) is 0. The van der Waals surface area contributed by atoms with Gasteiger partial charge < -0.3 is 15.6 Å². The van der Waals surface area contributed by atoms with Crippen LogP contribution >= 0.6 is 0 Å². The van der Waals surface area contributed by atoms with Crippen molar-refractivity contribution in [3.8, 4) is 11.5 Å². The highest BCUT2D eigenvalue weighted by Gasteiger charge is 2.09. The summed E-state index contributed by atoms with van der Waals surface area (Å²) in [6, 6.07) is 11.5. The van der Waals surface area contributed by atoms with Gasteiger partial charge in [0.15, 0.2) is 11.6 Å². The molecule has 3 nitrogen and oxygen atoms in total. The van der Waals surface area contributed by atoms with Crippen LogP contribution in [0.5, 0.6) is 11.5 Å². The topological polar surface area (TPSA) is 55.5 Å². The van der Waals surface area contributed by atoms with Gasteiger partial charge >= 0.3 is 0 Å². The molecule has 0 amide bonds. The van der Waals surface area contributed by atoms with Crippen LogP contribution in [0.1, 0.15) is 11.1 Å². The minimum absolute atomic E-state index is 0.0851. The number of aliphatic hydroxyl groups excluding tert-OH is 1. The lowest BCUT2D eigenvalue weighted by Crippen LogP contribution is -2.01. The minimum atomic E-state index is -0.452. The second-order valence-corrected chi connectivity index (χ2v) is 3.84. The number of halogens is 1. The zero-order valence-electron chi connectivity index (χ0n) is 9.77. The number of aliphatic hydroxyl groups is 1. The highest BCUT2D eigenvalue weighted by atomic mass is 19.1. The molecule has 2 aromatic rings. The second kappa shape index (κ2) is 5.62. The van der Waals surface area contributed by atoms with Gasteiger partial charge in [-0.05, 0) is 23.8 Å². The van der Waals surface area contributed by atoms with Crippen LogP contribution < -0.4 is 10.5 Å². The van der Waals surface area contributed by atoms with E-state index >= 15 is 0 Å². The summed E-state index contributed by atoms with van der Waals surface area (Å²) in [5, 5.41) is 9.03. The van der Waals surface area contributed by atoms with Crippen LogP contribution in [-0.4, -0.2) is 5.11 Å². The fourth-order valence-corrected chi connectivity index (χ4v) is 1.65. The summed E-state index contributed by atoms with van der Waals surface area (Å²) in [7, 11) is 0. The van der Waals surface area contributed by atoms with Crippen molar-refractivity contribution < 1.29 is 14.2 Å². The summed E-state index contributed by atoms with van der Waals surface area (Å²) >= 11 is 0. The van der Waals surface area contributed by atoms with E-state index in [1.54, 1.807) is 36.4 Å². The third kappa shape index (κ3) is 2.67. The van der Waals surface area contributed by atoms with E-state index in [-0.39, 0.29) is 18.9 Å². The molecule has 0 bridgehead atoms. The van der Waals surface area contributed by atoms with Gasteiger partial charge in [0.05, 0.1) is 6.61 Å². The molecule has 3 N–H and O–H groups in total. The maximum absolute atomic E-state index is 13.7. The number of nitrogens with two attached hydrogens (primary N) is 1. The van der Waals surface area contributed by atoms with Crippen molar-refractivity contribution in [2.24, 2.45) is 5.73 Å². The van der Waals surface area contributed by atoms with E-state index in [0.29, 0.717) is 16.9 Å². The summed E-state index contributed by atoms with van der Waals surface area (Å²) in [4.78, 5) is 0. The van der Waals surface area contributed by atoms with Crippen molar-refractivity contribution >= 4 is 0 Å². The molecule has 0 spiro atoms. The smallest absolute Gasteiger partial charge is 0.167 e. The number of hydrogen-bond acceptors (Lipinski definition) is 3. The Balaban J connectivity index is 2.33. The van der Waals surface area contributed by atoms with Crippen LogP contribution in [0.4, 0.5) is 4.39 Å². The van der Waals surface area contributed by atoms with Crippen LogP contribution in [0.2, 0.25) is 0 Å². The first-order chi connectivity index (χ1) is 8.74. The van der Waals surface area contributed by atoms with E-state index in [0.717, 1.165) is 0 Å². The molecule has 2 rings (SSSR count). The van der Waals surface area contributed by atoms with Crippen LogP contribution in [-0.2, 0) is 13.2 Å². The molecule has 2 aromatic carbocycles. The summed E-state index contributed by atoms with van der Waals surface area (Å²) in [5.74, 6) is 0.156. The van der Waals surface area contributed by atoms with E-state index in [1.807, 2.05) is 0 Å². The van der Waals surface area contributed by atoms with Gasteiger partial charge in [-0.15, -0.1) is 0 Å². The van der Waals surface area contributed by atoms with Crippen LogP contribution in [0.25, 0.3) is 0 Å². The molecular formula is C14H14FNO2. The van der Waals surface area contributed by atoms with Crippen molar-refractivity contribution in [3.63, 3.8) is 0 Å². The van der Waals surface area contributed by atoms with Gasteiger partial charge in [-0.1, -0.05) is 24.3 Å². The highest BCUT2D eigenvalue weighted by Crippen LogP contribution is 2.28. The molecule has 0 aliphatic rings. The predicted octanol–water partition coefficient (Wildman–Crippen LogP) is 2.57. The Labute approximate surface area is 105 Å². The van der Waals surface area contributed by atoms with Gasteiger partial charge in [-0.25, -0.2) is 4.39 Å². The monoisotopic (exact) mass is 247 g/mol. The highest BCUT2D eigenvalue weighted by molar-refractivity contribution is 5.39. The molecule has 4 heteroatoms. The van der Waals surface area contributed by atoms with E-state index in [2.05, 4.69) is 0 Å². The van der Waals surface area contributed by atoms with E-state index in [4.69, 9.17) is 15.6 Å². The number of ether oxygens (including phenoxy) is 1. The number of benzene rings is 2. The Bertz CT molecular complexity index is 543. The summed E-state index contributed by atoms with van der Waals surface area (Å²) in [5.41, 5.74) is 6.85. The van der Waals surface area contributed by atoms with Gasteiger partial charge in [-0.2, -0.15) is 0 Å². The fraction of sp³-hybridized carbons (Fsp3) is 0.143. The molecule has 0 unspecified atom stereocenters. The number of hydrogen-bond donors (Lipinski definition) is 2. The Morgan fingerprint density at radius 1 is 1.17 bits per heavy atom. The summed E-state index contributed by atoms with van der Waals surface area (Å²) < 4.78 is 19.2. The molecule has 0 aliphatic carbocycles. The zero-order valence-corrected chi connectivity index (χ0v) is 9.77. The van der Waals surface area contributed by atoms with Crippen molar-refractivity contribution in [2.75, 3.05) is 0 Å². The first kappa shape index (κ1) is 12.5. The second-order valence-electron chi connectivity index (χ2n) is 3.84. The first-order valence-corrected chi connectivity index (χ1v) is 5.59. The first-order valence-electron chi connectivity index (χ1n) is 5.59. The molecule has 94 valence electrons. The molecule has 18 heavy (non-hydrogen) atoms. The number of rotatable bonds is 4. The lowest BCUT2D eigenvalue weighted by atomic mass is 10.2. The van der Waals surface area contributed by atoms with E-state index in [1.165, 1.54) is 6.07 Å². The molecule has 0 atom stereocenters. The largest absolute Gasteiger partial charge is 0.454 e. The number of para-hydroxylation sites is 1. The SMILES string of the molecule is NCc1cccc(F)c1Oc1cccc(CO)c1. The molecule has 0 heterocycles. The molecule has 0 aromatic heterocycles. The van der Waals surface area contributed by atoms with Gasteiger partial charge in [0.1, 0.15) is 5.75 Å². The molecule has 0 aliphatic heterocycles. The van der Waals surface area contributed by atoms with E-state index in [9.17, 15) is 4.39 Å². The third-order valence-electron chi connectivity index (χ3n) is 2.57. The van der Waals surface area contributed by atoms with Crippen molar-refractivity contribution in [2.45, 2.75) is 13.2 Å². The Morgan fingerprint density at radius 3 is 2.67 bits per heavy atom. The molecule has 0 radical (unpaired) electrons. The average molecular weight is 247 g/mol. The van der Waals surface area contributed by atoms with Gasteiger partial charge in [0.25, 0.3) is 0 Å². The van der Waals surface area contributed by atoms with Crippen LogP contribution in [0, 0.1) is 5.82 Å². The lowest BCUT2D eigenvalue weighted by molar-refractivity contribution is 0.281. The van der Waals surface area contributed by atoms with Gasteiger partial charge in [0, 0.05) is 12.1 Å². The standard InChI is InChI=1S/C14H14FNO2/c15-13-6-2-4-11(8-16)14(13)18-12-5-1-3-10(7-12)9-17/h1-7,17H,8-9,16H2. The molecule has 0 saturated carbocycles. The maximum atomic E-state index is 13.7.